The van der Waals surface area contributed by atoms with Crippen LogP contribution in [0.15, 0.2) is 23.3 Å². The molecule has 17 heavy (non-hydrogen) atoms. The summed E-state index contributed by atoms with van der Waals surface area (Å²) in [6, 6.07) is 4.21. The number of aliphatic imine (C=N–C) groups is 1. The van der Waals surface area contributed by atoms with Crippen LogP contribution in [0.2, 0.25) is 5.15 Å². The zero-order valence-electron chi connectivity index (χ0n) is 10.6. The van der Waals surface area contributed by atoms with Crippen LogP contribution in [-0.2, 0) is 6.54 Å². The maximum atomic E-state index is 5.78. The number of pyridine rings is 1. The second kappa shape index (κ2) is 6.87. The van der Waals surface area contributed by atoms with E-state index in [1.165, 1.54) is 0 Å². The number of amidine groups is 1. The van der Waals surface area contributed by atoms with Gasteiger partial charge in [-0.25, -0.2) is 4.98 Å². The van der Waals surface area contributed by atoms with E-state index in [-0.39, 0.29) is 0 Å². The van der Waals surface area contributed by atoms with Gasteiger partial charge in [0.2, 0.25) is 0 Å². The van der Waals surface area contributed by atoms with Gasteiger partial charge in [0, 0.05) is 25.8 Å². The monoisotopic (exact) mass is 271 g/mol. The number of thioether (sulfide) groups is 1. The lowest BCUT2D eigenvalue weighted by molar-refractivity contribution is 0.349. The number of rotatable bonds is 3. The van der Waals surface area contributed by atoms with Gasteiger partial charge in [-0.3, -0.25) is 4.99 Å². The molecule has 0 saturated carbocycles. The summed E-state index contributed by atoms with van der Waals surface area (Å²) < 4.78 is 0. The molecule has 0 unspecified atom stereocenters. The smallest absolute Gasteiger partial charge is 0.159 e. The van der Waals surface area contributed by atoms with Crippen LogP contribution >= 0.6 is 23.4 Å². The molecule has 0 aliphatic carbocycles. The average Bonchev–Trinajstić information content (AvgIpc) is 2.31. The van der Waals surface area contributed by atoms with Gasteiger partial charge in [-0.15, -0.1) is 0 Å². The van der Waals surface area contributed by atoms with Crippen LogP contribution in [0.25, 0.3) is 0 Å². The third kappa shape index (κ3) is 4.21. The Balaban J connectivity index is 2.84. The number of hydrogen-bond acceptors (Lipinski definition) is 3. The zero-order valence-corrected chi connectivity index (χ0v) is 12.2. The van der Waals surface area contributed by atoms with Crippen molar-refractivity contribution >= 4 is 28.5 Å². The Hall–Kier alpha value is -0.740. The largest absolute Gasteiger partial charge is 0.345 e. The third-order valence-electron chi connectivity index (χ3n) is 2.38. The van der Waals surface area contributed by atoms with Gasteiger partial charge in [-0.05, 0) is 31.7 Å². The molecule has 1 aromatic heterocycles. The molecule has 1 heterocycles. The van der Waals surface area contributed by atoms with E-state index in [0.717, 1.165) is 17.3 Å². The topological polar surface area (TPSA) is 28.5 Å². The number of hydrogen-bond donors (Lipinski definition) is 0. The van der Waals surface area contributed by atoms with Crippen LogP contribution in [-0.4, -0.2) is 34.4 Å². The predicted molar refractivity (Wildman–Crippen MR) is 76.8 cm³/mol. The van der Waals surface area contributed by atoms with E-state index < -0.39 is 0 Å². The molecule has 0 atom stereocenters. The summed E-state index contributed by atoms with van der Waals surface area (Å²) >= 11 is 7.43. The molecule has 0 fully saturated rings. The molecule has 0 aliphatic heterocycles. The molecule has 0 N–H and O–H groups in total. The van der Waals surface area contributed by atoms with Gasteiger partial charge >= 0.3 is 0 Å². The first-order chi connectivity index (χ1) is 8.08. The van der Waals surface area contributed by atoms with Crippen molar-refractivity contribution < 1.29 is 0 Å². The van der Waals surface area contributed by atoms with Crippen molar-refractivity contribution in [3.8, 4) is 0 Å². The molecule has 0 aliphatic rings. The normalized spacial score (nSPS) is 12.0. The van der Waals surface area contributed by atoms with Crippen LogP contribution < -0.4 is 0 Å². The maximum absolute atomic E-state index is 5.78. The van der Waals surface area contributed by atoms with Gasteiger partial charge in [0.25, 0.3) is 0 Å². The molecule has 94 valence electrons. The van der Waals surface area contributed by atoms with Crippen LogP contribution in [0.4, 0.5) is 0 Å². The van der Waals surface area contributed by atoms with Crippen molar-refractivity contribution in [1.82, 2.24) is 9.88 Å². The molecule has 0 saturated heterocycles. The molecular weight excluding hydrogens is 254 g/mol. The van der Waals surface area contributed by atoms with Crippen LogP contribution in [0.1, 0.15) is 19.4 Å². The average molecular weight is 272 g/mol. The van der Waals surface area contributed by atoms with Gasteiger partial charge in [-0.2, -0.15) is 0 Å². The molecular formula is C12H18ClN3S. The summed E-state index contributed by atoms with van der Waals surface area (Å²) in [6.07, 6.45) is 3.85. The number of aromatic nitrogens is 1. The minimum absolute atomic E-state index is 0.400. The first-order valence-electron chi connectivity index (χ1n) is 5.46. The molecule has 5 heteroatoms. The quantitative estimate of drug-likeness (QED) is 0.480. The Morgan fingerprint density at radius 3 is 2.65 bits per heavy atom. The fraction of sp³-hybridized carbons (Fsp3) is 0.500. The molecule has 0 amide bonds. The van der Waals surface area contributed by atoms with E-state index in [0.29, 0.717) is 11.2 Å². The SMILES string of the molecule is C/N=C(\SC)N(Cc1ccc(Cl)nc1)C(C)C. The molecule has 1 rings (SSSR count). The lowest BCUT2D eigenvalue weighted by Gasteiger charge is -2.28. The van der Waals surface area contributed by atoms with Crippen molar-refractivity contribution in [1.29, 1.82) is 0 Å². The van der Waals surface area contributed by atoms with E-state index in [2.05, 4.69) is 28.7 Å². The van der Waals surface area contributed by atoms with Gasteiger partial charge < -0.3 is 4.90 Å². The second-order valence-electron chi connectivity index (χ2n) is 3.92. The van der Waals surface area contributed by atoms with E-state index in [1.54, 1.807) is 11.8 Å². The molecule has 0 aromatic carbocycles. The van der Waals surface area contributed by atoms with Crippen molar-refractivity contribution in [2.75, 3.05) is 13.3 Å². The summed E-state index contributed by atoms with van der Waals surface area (Å²) in [5, 5.41) is 1.56. The summed E-state index contributed by atoms with van der Waals surface area (Å²) in [5.74, 6) is 0. The Morgan fingerprint density at radius 1 is 1.53 bits per heavy atom. The lowest BCUT2D eigenvalue weighted by atomic mass is 10.2. The Labute approximate surface area is 112 Å². The van der Waals surface area contributed by atoms with Gasteiger partial charge in [-0.1, -0.05) is 29.4 Å². The third-order valence-corrected chi connectivity index (χ3v) is 3.39. The number of halogens is 1. The summed E-state index contributed by atoms with van der Waals surface area (Å²) in [6.45, 7) is 5.12. The van der Waals surface area contributed by atoms with Crippen LogP contribution in [0.5, 0.6) is 0 Å². The lowest BCUT2D eigenvalue weighted by Crippen LogP contribution is -2.34. The van der Waals surface area contributed by atoms with E-state index in [4.69, 9.17) is 11.6 Å². The van der Waals surface area contributed by atoms with Crippen LogP contribution in [0, 0.1) is 0 Å². The minimum Gasteiger partial charge on any atom is -0.345 e. The summed E-state index contributed by atoms with van der Waals surface area (Å²) in [7, 11) is 1.82. The molecule has 0 spiro atoms. The summed E-state index contributed by atoms with van der Waals surface area (Å²) in [4.78, 5) is 10.6. The first-order valence-corrected chi connectivity index (χ1v) is 7.06. The Morgan fingerprint density at radius 2 is 2.24 bits per heavy atom. The van der Waals surface area contributed by atoms with Crippen molar-refractivity contribution in [2.45, 2.75) is 26.4 Å². The van der Waals surface area contributed by atoms with Gasteiger partial charge in [0.05, 0.1) is 0 Å². The standard InChI is InChI=1S/C12H18ClN3S/c1-9(2)16(12(14-3)17-4)8-10-5-6-11(13)15-7-10/h5-7,9H,8H2,1-4H3/b14-12-. The highest BCUT2D eigenvalue weighted by Gasteiger charge is 2.14. The fourth-order valence-electron chi connectivity index (χ4n) is 1.50. The fourth-order valence-corrected chi connectivity index (χ4v) is 2.31. The molecule has 1 aromatic rings. The highest BCUT2D eigenvalue weighted by molar-refractivity contribution is 8.13. The highest BCUT2D eigenvalue weighted by atomic mass is 35.5. The molecule has 0 bridgehead atoms. The Kier molecular flexibility index (Phi) is 5.78. The van der Waals surface area contributed by atoms with Crippen molar-refractivity contribution in [3.05, 3.63) is 29.0 Å². The number of nitrogens with zero attached hydrogens (tertiary/aromatic N) is 3. The maximum Gasteiger partial charge on any atom is 0.159 e. The van der Waals surface area contributed by atoms with Crippen molar-refractivity contribution in [2.24, 2.45) is 4.99 Å². The van der Waals surface area contributed by atoms with E-state index >= 15 is 0 Å². The Bertz CT molecular complexity index is 376. The van der Waals surface area contributed by atoms with E-state index in [9.17, 15) is 0 Å². The highest BCUT2D eigenvalue weighted by Crippen LogP contribution is 2.15. The van der Waals surface area contributed by atoms with Crippen LogP contribution in [0.3, 0.4) is 0 Å². The minimum atomic E-state index is 0.400. The first kappa shape index (κ1) is 14.3. The predicted octanol–water partition coefficient (Wildman–Crippen LogP) is 3.29. The van der Waals surface area contributed by atoms with Crippen molar-refractivity contribution in [3.63, 3.8) is 0 Å². The van der Waals surface area contributed by atoms with Gasteiger partial charge in [0.15, 0.2) is 5.17 Å². The zero-order chi connectivity index (χ0) is 12.8. The van der Waals surface area contributed by atoms with Gasteiger partial charge in [0.1, 0.15) is 5.15 Å². The second-order valence-corrected chi connectivity index (χ2v) is 5.08. The van der Waals surface area contributed by atoms with E-state index in [1.807, 2.05) is 31.6 Å². The summed E-state index contributed by atoms with van der Waals surface area (Å²) in [5.41, 5.74) is 1.14. The molecule has 0 radical (unpaired) electrons. The molecule has 3 nitrogen and oxygen atoms in total.